The van der Waals surface area contributed by atoms with E-state index < -0.39 is 11.1 Å². The van der Waals surface area contributed by atoms with Gasteiger partial charge in [-0.3, -0.25) is 5.32 Å². The molecule has 0 amide bonds. The molecule has 2 atom stereocenters. The summed E-state index contributed by atoms with van der Waals surface area (Å²) in [5.74, 6) is 0. The first-order chi connectivity index (χ1) is 24.2. The number of nitrogens with two attached hydrogens (primary N) is 1. The van der Waals surface area contributed by atoms with Crippen molar-refractivity contribution in [1.82, 2.24) is 9.88 Å². The minimum atomic E-state index is -0.909. The SMILES string of the molecule is NC(NCc1ccccc1)(c1ccccc1)c1ccc2c(c1)Sc1ccccc1C21c2ccccc2-n2c3ccccc3c3cccc1c32. The fourth-order valence-electron chi connectivity index (χ4n) is 8.48. The van der Waals surface area contributed by atoms with Gasteiger partial charge in [-0.2, -0.15) is 0 Å². The van der Waals surface area contributed by atoms with Gasteiger partial charge in [0, 0.05) is 27.1 Å². The van der Waals surface area contributed by atoms with Crippen molar-refractivity contribution in [2.75, 3.05) is 0 Å². The number of fused-ring (bicyclic) bond motifs is 11. The number of rotatable bonds is 5. The minimum Gasteiger partial charge on any atom is -0.309 e. The van der Waals surface area contributed by atoms with E-state index in [0.717, 1.165) is 11.1 Å². The van der Waals surface area contributed by atoms with Gasteiger partial charge in [0.2, 0.25) is 0 Å². The average Bonchev–Trinajstić information content (AvgIpc) is 3.51. The van der Waals surface area contributed by atoms with E-state index in [0.29, 0.717) is 6.54 Å². The molecule has 2 aliphatic heterocycles. The summed E-state index contributed by atoms with van der Waals surface area (Å²) in [5.41, 5.74) is 18.3. The molecule has 3 nitrogen and oxygen atoms in total. The summed E-state index contributed by atoms with van der Waals surface area (Å²) in [6.45, 7) is 0.642. The molecule has 2 unspecified atom stereocenters. The molecular formula is C45H33N3S. The number of nitrogens with one attached hydrogen (secondary N) is 1. The smallest absolute Gasteiger partial charge is 0.119 e. The second-order valence-electron chi connectivity index (χ2n) is 13.1. The first kappa shape index (κ1) is 28.6. The van der Waals surface area contributed by atoms with E-state index in [4.69, 9.17) is 5.73 Å². The molecule has 0 saturated carbocycles. The van der Waals surface area contributed by atoms with Crippen molar-refractivity contribution in [3.05, 3.63) is 209 Å². The maximum Gasteiger partial charge on any atom is 0.119 e. The molecule has 0 aliphatic carbocycles. The summed E-state index contributed by atoms with van der Waals surface area (Å²) in [7, 11) is 0. The fraction of sp³-hybridized carbons (Fsp3) is 0.0667. The zero-order valence-electron chi connectivity index (χ0n) is 26.8. The molecule has 1 aromatic heterocycles. The summed E-state index contributed by atoms with van der Waals surface area (Å²) >= 11 is 1.85. The standard InChI is InChI=1S/C45H33N3S/c46-45(31-16-5-2-6-17-31,47-29-30-14-3-1-4-15-30)32-26-27-37-42(28-32)49-41-25-12-9-21-36(41)44(37)35-20-8-11-24-40(35)48-39-23-10-7-18-33(39)34-19-13-22-38(44)43(34)48/h1-28,47H,29,46H2. The Balaban J connectivity index is 1.25. The zero-order chi connectivity index (χ0) is 32.6. The highest BCUT2D eigenvalue weighted by atomic mass is 32.2. The van der Waals surface area contributed by atoms with E-state index in [1.165, 1.54) is 65.1 Å². The molecule has 3 heterocycles. The molecule has 4 heteroatoms. The topological polar surface area (TPSA) is 43.0 Å². The Hall–Kier alpha value is -5.39. The molecule has 49 heavy (non-hydrogen) atoms. The summed E-state index contributed by atoms with van der Waals surface area (Å²) in [5, 5.41) is 6.33. The molecule has 7 aromatic carbocycles. The third-order valence-corrected chi connectivity index (χ3v) is 11.8. The Morgan fingerprint density at radius 2 is 1.20 bits per heavy atom. The largest absolute Gasteiger partial charge is 0.309 e. The van der Waals surface area contributed by atoms with Crippen LogP contribution in [-0.4, -0.2) is 4.57 Å². The average molecular weight is 648 g/mol. The normalized spacial score (nSPS) is 17.0. The van der Waals surface area contributed by atoms with E-state index >= 15 is 0 Å². The van der Waals surface area contributed by atoms with Crippen LogP contribution in [0.2, 0.25) is 0 Å². The number of aromatic nitrogens is 1. The van der Waals surface area contributed by atoms with E-state index in [1.807, 2.05) is 23.9 Å². The molecular weight excluding hydrogens is 615 g/mol. The van der Waals surface area contributed by atoms with Crippen LogP contribution in [0.1, 0.15) is 38.9 Å². The molecule has 2 aliphatic rings. The maximum absolute atomic E-state index is 7.51. The Labute approximate surface area is 290 Å². The van der Waals surface area contributed by atoms with Crippen LogP contribution in [0.15, 0.2) is 180 Å². The number of para-hydroxylation sites is 3. The zero-order valence-corrected chi connectivity index (χ0v) is 27.6. The molecule has 234 valence electrons. The molecule has 1 spiro atoms. The molecule has 0 saturated heterocycles. The van der Waals surface area contributed by atoms with Crippen molar-refractivity contribution in [1.29, 1.82) is 0 Å². The van der Waals surface area contributed by atoms with Gasteiger partial charge in [-0.1, -0.05) is 157 Å². The molecule has 3 N–H and O–H groups in total. The van der Waals surface area contributed by atoms with Crippen LogP contribution in [0.4, 0.5) is 0 Å². The van der Waals surface area contributed by atoms with Crippen LogP contribution in [0, 0.1) is 0 Å². The van der Waals surface area contributed by atoms with Crippen LogP contribution in [0.5, 0.6) is 0 Å². The lowest BCUT2D eigenvalue weighted by molar-refractivity contribution is 0.412. The molecule has 8 aromatic rings. The number of hydrogen-bond acceptors (Lipinski definition) is 3. The predicted octanol–water partition coefficient (Wildman–Crippen LogP) is 9.89. The monoisotopic (exact) mass is 647 g/mol. The lowest BCUT2D eigenvalue weighted by atomic mass is 9.62. The van der Waals surface area contributed by atoms with E-state index in [2.05, 4.69) is 168 Å². The van der Waals surface area contributed by atoms with Crippen molar-refractivity contribution in [2.45, 2.75) is 27.4 Å². The number of nitrogens with zero attached hydrogens (tertiary/aromatic N) is 1. The second-order valence-corrected chi connectivity index (χ2v) is 14.2. The summed E-state index contributed by atoms with van der Waals surface area (Å²) < 4.78 is 2.49. The highest BCUT2D eigenvalue weighted by molar-refractivity contribution is 7.99. The third kappa shape index (κ3) is 4.00. The maximum atomic E-state index is 7.51. The highest BCUT2D eigenvalue weighted by Crippen LogP contribution is 2.60. The van der Waals surface area contributed by atoms with Crippen LogP contribution in [-0.2, 0) is 17.6 Å². The van der Waals surface area contributed by atoms with Gasteiger partial charge in [0.1, 0.15) is 5.66 Å². The predicted molar refractivity (Wildman–Crippen MR) is 201 cm³/mol. The van der Waals surface area contributed by atoms with Crippen LogP contribution in [0.3, 0.4) is 0 Å². The minimum absolute atomic E-state index is 0.516. The first-order valence-corrected chi connectivity index (χ1v) is 17.7. The first-order valence-electron chi connectivity index (χ1n) is 16.9. The number of hydrogen-bond donors (Lipinski definition) is 2. The van der Waals surface area contributed by atoms with Crippen LogP contribution >= 0.6 is 11.8 Å². The van der Waals surface area contributed by atoms with Crippen molar-refractivity contribution in [3.63, 3.8) is 0 Å². The molecule has 0 bridgehead atoms. The Bertz CT molecular complexity index is 2560. The summed E-state index contributed by atoms with van der Waals surface area (Å²) in [6, 6.07) is 61.6. The van der Waals surface area contributed by atoms with Gasteiger partial charge in [0.05, 0.1) is 22.1 Å². The van der Waals surface area contributed by atoms with E-state index in [9.17, 15) is 0 Å². The Kier molecular flexibility index (Phi) is 6.31. The molecule has 0 radical (unpaired) electrons. The van der Waals surface area contributed by atoms with Gasteiger partial charge >= 0.3 is 0 Å². The van der Waals surface area contributed by atoms with Crippen molar-refractivity contribution >= 4 is 33.6 Å². The van der Waals surface area contributed by atoms with Gasteiger partial charge in [0.15, 0.2) is 0 Å². The highest BCUT2D eigenvalue weighted by Gasteiger charge is 2.49. The van der Waals surface area contributed by atoms with Gasteiger partial charge in [-0.15, -0.1) is 0 Å². The van der Waals surface area contributed by atoms with E-state index in [-0.39, 0.29) is 0 Å². The second kappa shape index (κ2) is 10.8. The van der Waals surface area contributed by atoms with E-state index in [1.54, 1.807) is 0 Å². The third-order valence-electron chi connectivity index (χ3n) is 10.6. The number of benzene rings is 7. The fourth-order valence-corrected chi connectivity index (χ4v) is 9.71. The Morgan fingerprint density at radius 3 is 2.06 bits per heavy atom. The summed E-state index contributed by atoms with van der Waals surface area (Å²) in [4.78, 5) is 2.49. The quantitative estimate of drug-likeness (QED) is 0.183. The Morgan fingerprint density at radius 1 is 0.551 bits per heavy atom. The van der Waals surface area contributed by atoms with Crippen molar-refractivity contribution in [3.8, 4) is 5.69 Å². The molecule has 10 rings (SSSR count). The van der Waals surface area contributed by atoms with Crippen molar-refractivity contribution in [2.24, 2.45) is 5.73 Å². The summed E-state index contributed by atoms with van der Waals surface area (Å²) in [6.07, 6.45) is 0. The van der Waals surface area contributed by atoms with Gasteiger partial charge in [-0.25, -0.2) is 0 Å². The lowest BCUT2D eigenvalue weighted by Crippen LogP contribution is -2.51. The van der Waals surface area contributed by atoms with Gasteiger partial charge in [0.25, 0.3) is 0 Å². The molecule has 0 fully saturated rings. The van der Waals surface area contributed by atoms with Gasteiger partial charge in [-0.05, 0) is 63.2 Å². The van der Waals surface area contributed by atoms with Crippen molar-refractivity contribution < 1.29 is 0 Å². The lowest BCUT2D eigenvalue weighted by Gasteiger charge is -2.45. The van der Waals surface area contributed by atoms with Crippen LogP contribution in [0.25, 0.3) is 27.5 Å². The van der Waals surface area contributed by atoms with Gasteiger partial charge < -0.3 is 10.3 Å². The van der Waals surface area contributed by atoms with Crippen LogP contribution < -0.4 is 11.1 Å².